The summed E-state index contributed by atoms with van der Waals surface area (Å²) in [7, 11) is 1.56. The fraction of sp³-hybridized carbons (Fsp3) is 0.250. The molecule has 0 unspecified atom stereocenters. The fourth-order valence-electron chi connectivity index (χ4n) is 3.52. The van der Waals surface area contributed by atoms with Crippen molar-refractivity contribution in [2.75, 3.05) is 12.8 Å². The summed E-state index contributed by atoms with van der Waals surface area (Å²) in [6.45, 7) is 2.57. The highest BCUT2D eigenvalue weighted by Gasteiger charge is 2.25. The Morgan fingerprint density at radius 1 is 1.19 bits per heavy atom. The van der Waals surface area contributed by atoms with E-state index in [4.69, 9.17) is 10.5 Å². The summed E-state index contributed by atoms with van der Waals surface area (Å²) < 4.78 is 19.2. The van der Waals surface area contributed by atoms with E-state index in [2.05, 4.69) is 20.3 Å². The van der Waals surface area contributed by atoms with E-state index in [-0.39, 0.29) is 17.8 Å². The Bertz CT molecular complexity index is 1010. The van der Waals surface area contributed by atoms with Gasteiger partial charge in [-0.15, -0.1) is 0 Å². The van der Waals surface area contributed by atoms with Crippen molar-refractivity contribution in [1.29, 1.82) is 0 Å². The molecule has 1 aliphatic heterocycles. The number of fused-ring (bicyclic) bond motifs is 1. The second-order valence-corrected chi connectivity index (χ2v) is 6.53. The largest absolute Gasteiger partial charge is 0.481 e. The second-order valence-electron chi connectivity index (χ2n) is 6.53. The SMILES string of the molecule is COc1cccc(-c2cc(F)ccc2[C@H]2Cc3nc(N)nc(C)c3CN2)n1. The summed E-state index contributed by atoms with van der Waals surface area (Å²) in [5.41, 5.74) is 11.1. The van der Waals surface area contributed by atoms with Crippen LogP contribution in [0, 0.1) is 12.7 Å². The maximum absolute atomic E-state index is 14.0. The van der Waals surface area contributed by atoms with Crippen molar-refractivity contribution in [3.63, 3.8) is 0 Å². The second kappa shape index (κ2) is 6.92. The van der Waals surface area contributed by atoms with Gasteiger partial charge in [-0.2, -0.15) is 0 Å². The number of rotatable bonds is 3. The van der Waals surface area contributed by atoms with Crippen molar-refractivity contribution < 1.29 is 9.13 Å². The number of aryl methyl sites for hydroxylation is 1. The maximum Gasteiger partial charge on any atom is 0.220 e. The summed E-state index contributed by atoms with van der Waals surface area (Å²) in [6.07, 6.45) is 0.644. The van der Waals surface area contributed by atoms with Crippen LogP contribution in [0.1, 0.15) is 28.6 Å². The number of methoxy groups -OCH3 is 1. The van der Waals surface area contributed by atoms with Crippen molar-refractivity contribution in [3.05, 3.63) is 64.7 Å². The highest BCUT2D eigenvalue weighted by Crippen LogP contribution is 2.33. The van der Waals surface area contributed by atoms with Crippen molar-refractivity contribution in [2.24, 2.45) is 0 Å². The molecule has 0 aliphatic carbocycles. The number of ether oxygens (including phenoxy) is 1. The molecular weight excluding hydrogens is 345 g/mol. The van der Waals surface area contributed by atoms with Crippen LogP contribution >= 0.6 is 0 Å². The van der Waals surface area contributed by atoms with Crippen LogP contribution < -0.4 is 15.8 Å². The Labute approximate surface area is 156 Å². The van der Waals surface area contributed by atoms with E-state index in [0.29, 0.717) is 24.5 Å². The van der Waals surface area contributed by atoms with Gasteiger partial charge in [-0.1, -0.05) is 12.1 Å². The highest BCUT2D eigenvalue weighted by atomic mass is 19.1. The predicted molar refractivity (Wildman–Crippen MR) is 101 cm³/mol. The first-order valence-corrected chi connectivity index (χ1v) is 8.71. The van der Waals surface area contributed by atoms with Gasteiger partial charge in [0.05, 0.1) is 18.5 Å². The number of hydrogen-bond acceptors (Lipinski definition) is 6. The minimum atomic E-state index is -0.308. The summed E-state index contributed by atoms with van der Waals surface area (Å²) in [5.74, 6) is 0.457. The smallest absolute Gasteiger partial charge is 0.220 e. The summed E-state index contributed by atoms with van der Waals surface area (Å²) >= 11 is 0. The Kier molecular flexibility index (Phi) is 4.45. The Balaban J connectivity index is 1.76. The van der Waals surface area contributed by atoms with E-state index >= 15 is 0 Å². The molecule has 1 aliphatic rings. The molecule has 3 heterocycles. The van der Waals surface area contributed by atoms with Crippen molar-refractivity contribution in [3.8, 4) is 17.1 Å². The van der Waals surface area contributed by atoms with Gasteiger partial charge in [0.15, 0.2) is 0 Å². The number of halogens is 1. The first kappa shape index (κ1) is 17.4. The molecule has 4 rings (SSSR count). The third-order valence-electron chi connectivity index (χ3n) is 4.84. The van der Waals surface area contributed by atoms with Gasteiger partial charge in [0, 0.05) is 41.9 Å². The average Bonchev–Trinajstić information content (AvgIpc) is 2.67. The van der Waals surface area contributed by atoms with Crippen LogP contribution in [0.3, 0.4) is 0 Å². The van der Waals surface area contributed by atoms with Crippen LogP contribution in [0.5, 0.6) is 5.88 Å². The summed E-state index contributed by atoms with van der Waals surface area (Å²) in [5, 5.41) is 3.51. The van der Waals surface area contributed by atoms with Gasteiger partial charge >= 0.3 is 0 Å². The lowest BCUT2D eigenvalue weighted by Crippen LogP contribution is -2.31. The predicted octanol–water partition coefficient (Wildman–Crippen LogP) is 2.96. The third kappa shape index (κ3) is 3.33. The first-order chi connectivity index (χ1) is 13.0. The molecule has 1 atom stereocenters. The quantitative estimate of drug-likeness (QED) is 0.742. The van der Waals surface area contributed by atoms with E-state index < -0.39 is 0 Å². The molecule has 3 aromatic rings. The molecule has 0 radical (unpaired) electrons. The molecule has 0 saturated carbocycles. The maximum atomic E-state index is 14.0. The normalized spacial score (nSPS) is 16.0. The zero-order valence-electron chi connectivity index (χ0n) is 15.2. The molecule has 2 aromatic heterocycles. The van der Waals surface area contributed by atoms with Gasteiger partial charge in [-0.3, -0.25) is 0 Å². The Morgan fingerprint density at radius 2 is 2.04 bits per heavy atom. The third-order valence-corrected chi connectivity index (χ3v) is 4.84. The zero-order chi connectivity index (χ0) is 19.0. The number of nitrogen functional groups attached to an aromatic ring is 1. The zero-order valence-corrected chi connectivity index (χ0v) is 15.2. The molecule has 0 saturated heterocycles. The van der Waals surface area contributed by atoms with Gasteiger partial charge in [0.2, 0.25) is 11.8 Å². The minimum absolute atomic E-state index is 0.0326. The van der Waals surface area contributed by atoms with Gasteiger partial charge < -0.3 is 15.8 Å². The van der Waals surface area contributed by atoms with Crippen molar-refractivity contribution >= 4 is 5.95 Å². The molecule has 138 valence electrons. The summed E-state index contributed by atoms with van der Waals surface area (Å²) in [6, 6.07) is 10.2. The first-order valence-electron chi connectivity index (χ1n) is 8.71. The van der Waals surface area contributed by atoms with Gasteiger partial charge in [0.25, 0.3) is 0 Å². The van der Waals surface area contributed by atoms with Crippen LogP contribution in [-0.4, -0.2) is 22.1 Å². The van der Waals surface area contributed by atoms with Gasteiger partial charge in [0.1, 0.15) is 5.82 Å². The van der Waals surface area contributed by atoms with E-state index in [1.54, 1.807) is 19.2 Å². The van der Waals surface area contributed by atoms with E-state index in [1.807, 2.05) is 19.1 Å². The van der Waals surface area contributed by atoms with Crippen LogP contribution in [0.15, 0.2) is 36.4 Å². The number of hydrogen-bond donors (Lipinski definition) is 2. The molecule has 7 heteroatoms. The van der Waals surface area contributed by atoms with Gasteiger partial charge in [-0.05, 0) is 30.7 Å². The molecule has 0 amide bonds. The number of benzene rings is 1. The molecule has 6 nitrogen and oxygen atoms in total. The minimum Gasteiger partial charge on any atom is -0.481 e. The number of nitrogens with one attached hydrogen (secondary N) is 1. The summed E-state index contributed by atoms with van der Waals surface area (Å²) in [4.78, 5) is 13.1. The van der Waals surface area contributed by atoms with E-state index in [0.717, 1.165) is 28.1 Å². The number of anilines is 1. The molecule has 0 bridgehead atoms. The highest BCUT2D eigenvalue weighted by molar-refractivity contribution is 5.65. The molecule has 0 spiro atoms. The topological polar surface area (TPSA) is 86.0 Å². The Morgan fingerprint density at radius 3 is 2.85 bits per heavy atom. The van der Waals surface area contributed by atoms with Crippen LogP contribution in [0.4, 0.5) is 10.3 Å². The average molecular weight is 365 g/mol. The fourth-order valence-corrected chi connectivity index (χ4v) is 3.52. The van der Waals surface area contributed by atoms with E-state index in [1.165, 1.54) is 12.1 Å². The van der Waals surface area contributed by atoms with Gasteiger partial charge in [-0.25, -0.2) is 19.3 Å². The Hall–Kier alpha value is -3.06. The molecule has 1 aromatic carbocycles. The number of nitrogens with zero attached hydrogens (tertiary/aromatic N) is 3. The molecule has 0 fully saturated rings. The van der Waals surface area contributed by atoms with Crippen LogP contribution in [0.2, 0.25) is 0 Å². The standard InChI is InChI=1S/C20H20FN5O/c1-11-15-10-23-17(9-18(15)26-20(22)24-11)13-7-6-12(21)8-14(13)16-4-3-5-19(25-16)27-2/h3-8,17,23H,9-10H2,1-2H3,(H2,22,24,26)/t17-/m1/s1. The number of aromatic nitrogens is 3. The monoisotopic (exact) mass is 365 g/mol. The molecular formula is C20H20FN5O. The van der Waals surface area contributed by atoms with E-state index in [9.17, 15) is 4.39 Å². The lowest BCUT2D eigenvalue weighted by molar-refractivity contribution is 0.398. The van der Waals surface area contributed by atoms with Crippen molar-refractivity contribution in [1.82, 2.24) is 20.3 Å². The number of nitrogens with two attached hydrogens (primary N) is 1. The lowest BCUT2D eigenvalue weighted by atomic mass is 9.90. The molecule has 3 N–H and O–H groups in total. The number of pyridine rings is 1. The molecule has 27 heavy (non-hydrogen) atoms. The van der Waals surface area contributed by atoms with Crippen LogP contribution in [-0.2, 0) is 13.0 Å². The lowest BCUT2D eigenvalue weighted by Gasteiger charge is -2.28. The van der Waals surface area contributed by atoms with Crippen LogP contribution in [0.25, 0.3) is 11.3 Å². The van der Waals surface area contributed by atoms with Crippen molar-refractivity contribution in [2.45, 2.75) is 25.9 Å².